The van der Waals surface area contributed by atoms with Gasteiger partial charge in [0, 0.05) is 0 Å². The molecular formula is C44H46O9Si. The van der Waals surface area contributed by atoms with Crippen molar-refractivity contribution in [3.63, 3.8) is 0 Å². The van der Waals surface area contributed by atoms with Crippen LogP contribution in [0.4, 0.5) is 4.79 Å². The minimum Gasteiger partial charge on any atom is -0.452 e. The molecule has 0 radical (unpaired) electrons. The highest BCUT2D eigenvalue weighted by Crippen LogP contribution is 2.39. The second kappa shape index (κ2) is 16.9. The van der Waals surface area contributed by atoms with Crippen LogP contribution >= 0.6 is 0 Å². The van der Waals surface area contributed by atoms with Gasteiger partial charge < -0.3 is 28.1 Å². The summed E-state index contributed by atoms with van der Waals surface area (Å²) in [5, 5.41) is 1.65. The van der Waals surface area contributed by atoms with Crippen molar-refractivity contribution in [2.45, 2.75) is 88.1 Å². The Kier molecular flexibility index (Phi) is 12.0. The van der Waals surface area contributed by atoms with Crippen molar-refractivity contribution in [3.05, 3.63) is 132 Å². The van der Waals surface area contributed by atoms with Crippen LogP contribution in [0, 0.1) is 12.3 Å². The molecule has 54 heavy (non-hydrogen) atoms. The van der Waals surface area contributed by atoms with Gasteiger partial charge in [-0.25, -0.2) is 14.4 Å². The molecule has 1 aliphatic carbocycles. The molecule has 4 atom stereocenters. The first-order valence-corrected chi connectivity index (χ1v) is 20.3. The first-order chi connectivity index (χ1) is 26.0. The van der Waals surface area contributed by atoms with E-state index < -0.39 is 61.7 Å². The Balaban J connectivity index is 1.38. The lowest BCUT2D eigenvalue weighted by Crippen LogP contribution is -2.67. The van der Waals surface area contributed by atoms with Crippen LogP contribution in [0.25, 0.3) is 0 Å². The fourth-order valence-corrected chi connectivity index (χ4v) is 11.9. The van der Waals surface area contributed by atoms with E-state index in [1.54, 1.807) is 60.7 Å². The van der Waals surface area contributed by atoms with Crippen molar-refractivity contribution in [1.29, 1.82) is 0 Å². The molecule has 0 spiro atoms. The van der Waals surface area contributed by atoms with Crippen LogP contribution in [-0.2, 0) is 28.1 Å². The molecule has 0 unspecified atom stereocenters. The lowest BCUT2D eigenvalue weighted by Gasteiger charge is -2.43. The van der Waals surface area contributed by atoms with Crippen molar-refractivity contribution in [1.82, 2.24) is 0 Å². The van der Waals surface area contributed by atoms with Gasteiger partial charge in [0.25, 0.3) is 8.32 Å². The van der Waals surface area contributed by atoms with Gasteiger partial charge in [-0.05, 0) is 65.4 Å². The molecule has 4 aromatic carbocycles. The fraction of sp³-hybridized carbons (Fsp3) is 0.341. The summed E-state index contributed by atoms with van der Waals surface area (Å²) in [6.45, 7) is 6.31. The van der Waals surface area contributed by atoms with Crippen molar-refractivity contribution in [3.8, 4) is 12.3 Å². The van der Waals surface area contributed by atoms with Crippen LogP contribution in [-0.4, -0.2) is 63.2 Å². The summed E-state index contributed by atoms with van der Waals surface area (Å²) in [6.07, 6.45) is 3.08. The number of carbonyl (C=O) groups is 3. The topological polar surface area (TPSA) is 107 Å². The molecule has 1 saturated carbocycles. The minimum atomic E-state index is -3.14. The van der Waals surface area contributed by atoms with Crippen LogP contribution in [0.5, 0.6) is 0 Å². The number of ether oxygens (including phenoxy) is 5. The van der Waals surface area contributed by atoms with E-state index in [0.717, 1.165) is 29.6 Å². The van der Waals surface area contributed by atoms with Gasteiger partial charge in [0.15, 0.2) is 11.7 Å². The number of hydrogen-bond donors (Lipinski definition) is 0. The highest BCUT2D eigenvalue weighted by molar-refractivity contribution is 6.99. The average molecular weight is 747 g/mol. The van der Waals surface area contributed by atoms with Gasteiger partial charge in [-0.15, -0.1) is 6.42 Å². The summed E-state index contributed by atoms with van der Waals surface area (Å²) in [4.78, 5) is 40.9. The molecule has 0 amide bonds. The van der Waals surface area contributed by atoms with Crippen molar-refractivity contribution in [2.24, 2.45) is 0 Å². The Morgan fingerprint density at radius 2 is 1.17 bits per heavy atom. The Labute approximate surface area is 318 Å². The highest BCUT2D eigenvalue weighted by atomic mass is 28.4. The summed E-state index contributed by atoms with van der Waals surface area (Å²) < 4.78 is 37.4. The normalized spacial score (nSPS) is 20.9. The van der Waals surface area contributed by atoms with Crippen LogP contribution in [0.15, 0.2) is 121 Å². The molecule has 1 heterocycles. The van der Waals surface area contributed by atoms with Crippen LogP contribution < -0.4 is 10.4 Å². The van der Waals surface area contributed by atoms with E-state index in [1.807, 2.05) is 36.4 Å². The molecule has 1 saturated heterocycles. The Morgan fingerprint density at radius 1 is 0.704 bits per heavy atom. The number of benzene rings is 4. The van der Waals surface area contributed by atoms with E-state index in [-0.39, 0.29) is 17.7 Å². The number of esters is 2. The largest absolute Gasteiger partial charge is 0.512 e. The summed E-state index contributed by atoms with van der Waals surface area (Å²) in [5.41, 5.74) is -0.614. The number of hydrogen-bond acceptors (Lipinski definition) is 9. The first kappa shape index (κ1) is 38.5. The number of carbonyl (C=O) groups excluding carboxylic acids is 3. The monoisotopic (exact) mass is 746 g/mol. The molecule has 0 N–H and O–H groups in total. The fourth-order valence-electron chi connectivity index (χ4n) is 7.37. The molecule has 2 aliphatic rings. The predicted molar refractivity (Wildman–Crippen MR) is 206 cm³/mol. The summed E-state index contributed by atoms with van der Waals surface area (Å²) in [5.74, 6) is 1.24. The van der Waals surface area contributed by atoms with E-state index in [4.69, 9.17) is 34.5 Å². The van der Waals surface area contributed by atoms with Gasteiger partial charge in [0.2, 0.25) is 12.4 Å². The van der Waals surface area contributed by atoms with Gasteiger partial charge in [-0.3, -0.25) is 0 Å². The maximum absolute atomic E-state index is 13.7. The molecule has 2 fully saturated rings. The molecule has 280 valence electrons. The Hall–Kier alpha value is -5.21. The summed E-state index contributed by atoms with van der Waals surface area (Å²) in [7, 11) is -3.14. The molecule has 0 aromatic heterocycles. The SMILES string of the molecule is C#CC1(OC(=O)O[C@H]2O[C@H](CO[Si](c3ccccc3)(c3ccccc3)C(C)(C)C)[C@@H](OC(=O)c3ccccc3)[C@@H]2OC(=O)c2ccccc2)CCCCC1. The summed E-state index contributed by atoms with van der Waals surface area (Å²) >= 11 is 0. The third-order valence-corrected chi connectivity index (χ3v) is 15.1. The lowest BCUT2D eigenvalue weighted by atomic mass is 9.85. The van der Waals surface area contributed by atoms with Gasteiger partial charge in [-0.2, -0.15) is 0 Å². The highest BCUT2D eigenvalue weighted by Gasteiger charge is 2.56. The minimum absolute atomic E-state index is 0.109. The molecule has 0 bridgehead atoms. The van der Waals surface area contributed by atoms with Crippen molar-refractivity contribution >= 4 is 36.8 Å². The molecular weight excluding hydrogens is 701 g/mol. The van der Waals surface area contributed by atoms with Crippen molar-refractivity contribution < 1.29 is 42.5 Å². The van der Waals surface area contributed by atoms with Gasteiger partial charge in [0.05, 0.1) is 17.7 Å². The zero-order chi connectivity index (χ0) is 38.2. The number of rotatable bonds is 11. The molecule has 10 heteroatoms. The third kappa shape index (κ3) is 8.44. The maximum Gasteiger partial charge on any atom is 0.512 e. The second-order valence-electron chi connectivity index (χ2n) is 14.7. The van der Waals surface area contributed by atoms with E-state index in [2.05, 4.69) is 51.0 Å². The zero-order valence-electron chi connectivity index (χ0n) is 30.9. The van der Waals surface area contributed by atoms with Gasteiger partial charge in [-0.1, -0.05) is 130 Å². The quantitative estimate of drug-likeness (QED) is 0.0681. The average Bonchev–Trinajstić information content (AvgIpc) is 3.50. The maximum atomic E-state index is 13.7. The zero-order valence-corrected chi connectivity index (χ0v) is 31.9. The number of terminal acetylenes is 1. The molecule has 4 aromatic rings. The van der Waals surface area contributed by atoms with Crippen molar-refractivity contribution in [2.75, 3.05) is 6.61 Å². The first-order valence-electron chi connectivity index (χ1n) is 18.4. The standard InChI is InChI=1S/C44H46O9Si/c1-5-44(29-19-10-20-30-44)53-42(47)52-41-38(51-40(46)33-23-13-7-14-24-33)37(50-39(45)32-21-11-6-12-22-32)36(49-41)31-48-54(43(2,3)4,34-25-15-8-16-26-34)35-27-17-9-18-28-35/h1,6-9,11-18,21-28,36-38,41H,10,19-20,29-31H2,2-4H3/t36-,37-,38+,41-/m1/s1. The molecule has 1 aliphatic heterocycles. The van der Waals surface area contributed by atoms with Crippen LogP contribution in [0.1, 0.15) is 73.6 Å². The second-order valence-corrected chi connectivity index (χ2v) is 19.0. The molecule has 9 nitrogen and oxygen atoms in total. The van der Waals surface area contributed by atoms with Crippen LogP contribution in [0.2, 0.25) is 5.04 Å². The lowest BCUT2D eigenvalue weighted by molar-refractivity contribution is -0.159. The van der Waals surface area contributed by atoms with E-state index in [1.165, 1.54) is 0 Å². The Morgan fingerprint density at radius 3 is 1.63 bits per heavy atom. The van der Waals surface area contributed by atoms with Crippen LogP contribution in [0.3, 0.4) is 0 Å². The van der Waals surface area contributed by atoms with Gasteiger partial charge >= 0.3 is 18.1 Å². The van der Waals surface area contributed by atoms with E-state index in [9.17, 15) is 14.4 Å². The van der Waals surface area contributed by atoms with E-state index in [0.29, 0.717) is 12.8 Å². The third-order valence-electron chi connectivity index (χ3n) is 10.1. The molecule has 6 rings (SSSR count). The predicted octanol–water partition coefficient (Wildman–Crippen LogP) is 7.23. The smallest absolute Gasteiger partial charge is 0.452 e. The van der Waals surface area contributed by atoms with Gasteiger partial charge in [0.1, 0.15) is 6.10 Å². The van der Waals surface area contributed by atoms with E-state index >= 15 is 0 Å². The Bertz CT molecular complexity index is 1860. The summed E-state index contributed by atoms with van der Waals surface area (Å²) in [6, 6.07) is 36.9.